The number of piperidine rings is 1. The molecule has 110 valence electrons. The number of rotatable bonds is 4. The van der Waals surface area contributed by atoms with Crippen molar-refractivity contribution in [3.8, 4) is 5.75 Å². The van der Waals surface area contributed by atoms with E-state index in [1.165, 1.54) is 0 Å². The van der Waals surface area contributed by atoms with Gasteiger partial charge in [-0.05, 0) is 24.8 Å². The van der Waals surface area contributed by atoms with Gasteiger partial charge in [-0.15, -0.1) is 0 Å². The molecular formula is C16H24N2O2. The van der Waals surface area contributed by atoms with Gasteiger partial charge in [0.15, 0.2) is 0 Å². The molecule has 1 saturated heterocycles. The highest BCUT2D eigenvalue weighted by atomic mass is 16.5. The highest BCUT2D eigenvalue weighted by Crippen LogP contribution is 2.24. The smallest absolute Gasteiger partial charge is 0.227 e. The van der Waals surface area contributed by atoms with Crippen molar-refractivity contribution in [1.29, 1.82) is 0 Å². The van der Waals surface area contributed by atoms with E-state index in [0.29, 0.717) is 18.9 Å². The number of amides is 1. The summed E-state index contributed by atoms with van der Waals surface area (Å²) in [7, 11) is 1.63. The Bertz CT molecular complexity index is 462. The lowest BCUT2D eigenvalue weighted by atomic mass is 9.92. The standard InChI is InChI=1S/C16H24N2O2/c1-12-7-8-18(14(9-12)11-17)16(19)10-13-5-3-4-6-15(13)20-2/h3-6,12,14H,7-11,17H2,1-2H3. The number of hydrogen-bond donors (Lipinski definition) is 1. The summed E-state index contributed by atoms with van der Waals surface area (Å²) in [6.07, 6.45) is 2.46. The maximum atomic E-state index is 12.5. The zero-order valence-electron chi connectivity index (χ0n) is 12.3. The number of ether oxygens (including phenoxy) is 1. The van der Waals surface area contributed by atoms with Gasteiger partial charge in [0.1, 0.15) is 5.75 Å². The molecule has 4 heteroatoms. The van der Waals surface area contributed by atoms with Crippen LogP contribution in [0.4, 0.5) is 0 Å². The van der Waals surface area contributed by atoms with Crippen LogP contribution in [-0.4, -0.2) is 37.0 Å². The molecule has 2 rings (SSSR count). The number of nitrogens with two attached hydrogens (primary N) is 1. The van der Waals surface area contributed by atoms with Crippen molar-refractivity contribution in [2.75, 3.05) is 20.2 Å². The Morgan fingerprint density at radius 3 is 2.90 bits per heavy atom. The number of carbonyl (C=O) groups excluding carboxylic acids is 1. The number of methoxy groups -OCH3 is 1. The van der Waals surface area contributed by atoms with Crippen molar-refractivity contribution in [2.45, 2.75) is 32.2 Å². The van der Waals surface area contributed by atoms with Crippen LogP contribution in [0.1, 0.15) is 25.3 Å². The van der Waals surface area contributed by atoms with Crippen LogP contribution in [0.3, 0.4) is 0 Å². The van der Waals surface area contributed by atoms with Gasteiger partial charge in [-0.3, -0.25) is 4.79 Å². The van der Waals surface area contributed by atoms with Gasteiger partial charge < -0.3 is 15.4 Å². The Kier molecular flexibility index (Phi) is 5.01. The molecule has 2 N–H and O–H groups in total. The molecule has 20 heavy (non-hydrogen) atoms. The summed E-state index contributed by atoms with van der Waals surface area (Å²) < 4.78 is 5.31. The predicted molar refractivity (Wildman–Crippen MR) is 79.7 cm³/mol. The van der Waals surface area contributed by atoms with Gasteiger partial charge in [0, 0.05) is 24.7 Å². The third-order valence-corrected chi connectivity index (χ3v) is 4.10. The van der Waals surface area contributed by atoms with Crippen LogP contribution in [0.5, 0.6) is 5.75 Å². The molecule has 0 aliphatic carbocycles. The summed E-state index contributed by atoms with van der Waals surface area (Å²) in [5.74, 6) is 1.58. The molecule has 1 aromatic carbocycles. The topological polar surface area (TPSA) is 55.6 Å². The molecular weight excluding hydrogens is 252 g/mol. The number of nitrogens with zero attached hydrogens (tertiary/aromatic N) is 1. The minimum Gasteiger partial charge on any atom is -0.496 e. The third-order valence-electron chi connectivity index (χ3n) is 4.10. The van der Waals surface area contributed by atoms with Crippen molar-refractivity contribution in [3.05, 3.63) is 29.8 Å². The first-order valence-electron chi connectivity index (χ1n) is 7.27. The van der Waals surface area contributed by atoms with E-state index in [2.05, 4.69) is 6.92 Å². The van der Waals surface area contributed by atoms with Gasteiger partial charge in [0.05, 0.1) is 13.5 Å². The molecule has 4 nitrogen and oxygen atoms in total. The van der Waals surface area contributed by atoms with Crippen LogP contribution in [0.2, 0.25) is 0 Å². The third kappa shape index (κ3) is 3.31. The zero-order chi connectivity index (χ0) is 14.5. The van der Waals surface area contributed by atoms with Gasteiger partial charge in [0.2, 0.25) is 5.91 Å². The molecule has 1 amide bonds. The van der Waals surface area contributed by atoms with Crippen LogP contribution in [-0.2, 0) is 11.2 Å². The van der Waals surface area contributed by atoms with E-state index in [0.717, 1.165) is 30.7 Å². The van der Waals surface area contributed by atoms with Gasteiger partial charge >= 0.3 is 0 Å². The quantitative estimate of drug-likeness (QED) is 0.912. The molecule has 0 bridgehead atoms. The summed E-state index contributed by atoms with van der Waals surface area (Å²) >= 11 is 0. The number of benzene rings is 1. The maximum Gasteiger partial charge on any atom is 0.227 e. The lowest BCUT2D eigenvalue weighted by molar-refractivity contribution is -0.134. The summed E-state index contributed by atoms with van der Waals surface area (Å²) in [5, 5.41) is 0. The predicted octanol–water partition coefficient (Wildman–Crippen LogP) is 1.82. The number of para-hydroxylation sites is 1. The largest absolute Gasteiger partial charge is 0.496 e. The summed E-state index contributed by atoms with van der Waals surface area (Å²) in [5.41, 5.74) is 6.76. The second-order valence-electron chi connectivity index (χ2n) is 5.59. The first-order valence-corrected chi connectivity index (χ1v) is 7.27. The lowest BCUT2D eigenvalue weighted by Gasteiger charge is -2.38. The van der Waals surface area contributed by atoms with E-state index < -0.39 is 0 Å². The number of hydrogen-bond acceptors (Lipinski definition) is 3. The van der Waals surface area contributed by atoms with Crippen LogP contribution in [0.15, 0.2) is 24.3 Å². The maximum absolute atomic E-state index is 12.5. The number of likely N-dealkylation sites (tertiary alicyclic amines) is 1. The SMILES string of the molecule is COc1ccccc1CC(=O)N1CCC(C)CC1CN. The van der Waals surface area contributed by atoms with Crippen molar-refractivity contribution in [3.63, 3.8) is 0 Å². The second-order valence-corrected chi connectivity index (χ2v) is 5.59. The van der Waals surface area contributed by atoms with Crippen LogP contribution in [0, 0.1) is 5.92 Å². The van der Waals surface area contributed by atoms with Crippen LogP contribution in [0.25, 0.3) is 0 Å². The normalized spacial score (nSPS) is 22.6. The summed E-state index contributed by atoms with van der Waals surface area (Å²) in [6.45, 7) is 3.59. The summed E-state index contributed by atoms with van der Waals surface area (Å²) in [4.78, 5) is 14.5. The second kappa shape index (κ2) is 6.75. The molecule has 0 spiro atoms. The molecule has 1 heterocycles. The number of carbonyl (C=O) groups is 1. The minimum atomic E-state index is 0.150. The first-order chi connectivity index (χ1) is 9.65. The molecule has 0 radical (unpaired) electrons. The van der Waals surface area contributed by atoms with E-state index in [4.69, 9.17) is 10.5 Å². The molecule has 2 unspecified atom stereocenters. The zero-order valence-corrected chi connectivity index (χ0v) is 12.3. The Balaban J connectivity index is 2.07. The average Bonchev–Trinajstić information content (AvgIpc) is 2.47. The highest BCUT2D eigenvalue weighted by molar-refractivity contribution is 5.80. The Morgan fingerprint density at radius 2 is 2.20 bits per heavy atom. The Morgan fingerprint density at radius 1 is 1.45 bits per heavy atom. The van der Waals surface area contributed by atoms with Crippen molar-refractivity contribution < 1.29 is 9.53 Å². The fourth-order valence-corrected chi connectivity index (χ4v) is 2.92. The fourth-order valence-electron chi connectivity index (χ4n) is 2.92. The average molecular weight is 276 g/mol. The highest BCUT2D eigenvalue weighted by Gasteiger charge is 2.29. The molecule has 2 atom stereocenters. The van der Waals surface area contributed by atoms with Crippen LogP contribution >= 0.6 is 0 Å². The van der Waals surface area contributed by atoms with Gasteiger partial charge in [0.25, 0.3) is 0 Å². The van der Waals surface area contributed by atoms with E-state index in [1.54, 1.807) is 7.11 Å². The van der Waals surface area contributed by atoms with Gasteiger partial charge in [-0.25, -0.2) is 0 Å². The van der Waals surface area contributed by atoms with E-state index in [9.17, 15) is 4.79 Å². The summed E-state index contributed by atoms with van der Waals surface area (Å²) in [6, 6.07) is 7.87. The Labute approximate surface area is 120 Å². The lowest BCUT2D eigenvalue weighted by Crippen LogP contribution is -2.49. The van der Waals surface area contributed by atoms with Crippen molar-refractivity contribution in [1.82, 2.24) is 4.90 Å². The van der Waals surface area contributed by atoms with Gasteiger partial charge in [-0.1, -0.05) is 25.1 Å². The van der Waals surface area contributed by atoms with E-state index in [1.807, 2.05) is 29.2 Å². The fraction of sp³-hybridized carbons (Fsp3) is 0.562. The van der Waals surface area contributed by atoms with E-state index in [-0.39, 0.29) is 11.9 Å². The van der Waals surface area contributed by atoms with Crippen LogP contribution < -0.4 is 10.5 Å². The Hall–Kier alpha value is -1.55. The van der Waals surface area contributed by atoms with Crippen molar-refractivity contribution in [2.24, 2.45) is 11.7 Å². The monoisotopic (exact) mass is 276 g/mol. The molecule has 1 aliphatic heterocycles. The van der Waals surface area contributed by atoms with Gasteiger partial charge in [-0.2, -0.15) is 0 Å². The molecule has 1 aliphatic rings. The molecule has 1 aromatic rings. The minimum absolute atomic E-state index is 0.150. The molecule has 0 aromatic heterocycles. The molecule has 1 fully saturated rings. The first kappa shape index (κ1) is 14.9. The molecule has 0 saturated carbocycles. The van der Waals surface area contributed by atoms with E-state index >= 15 is 0 Å². The van der Waals surface area contributed by atoms with Crippen molar-refractivity contribution >= 4 is 5.91 Å².